The fourth-order valence-electron chi connectivity index (χ4n) is 3.20. The first-order valence-electron chi connectivity index (χ1n) is 8.76. The Kier molecular flexibility index (Phi) is 6.32. The van der Waals surface area contributed by atoms with Gasteiger partial charge in [-0.15, -0.1) is 0 Å². The quantitative estimate of drug-likeness (QED) is 0.596. The van der Waals surface area contributed by atoms with E-state index in [-0.39, 0.29) is 18.2 Å². The van der Waals surface area contributed by atoms with Crippen molar-refractivity contribution in [2.45, 2.75) is 38.1 Å². The molecule has 2 aliphatic rings. The smallest absolute Gasteiger partial charge is 0.266 e. The second kappa shape index (κ2) is 8.68. The summed E-state index contributed by atoms with van der Waals surface area (Å²) in [5.41, 5.74) is 0.828. The third kappa shape index (κ3) is 4.45. The average Bonchev–Trinajstić information content (AvgIpc) is 3.22. The van der Waals surface area contributed by atoms with Gasteiger partial charge in [0.1, 0.15) is 10.1 Å². The molecule has 7 heteroatoms. The molecule has 0 atom stereocenters. The lowest BCUT2D eigenvalue weighted by molar-refractivity contribution is -0.124. The topological polar surface area (TPSA) is 58.6 Å². The molecular weight excluding hydrogens is 368 g/mol. The zero-order valence-corrected chi connectivity index (χ0v) is 16.3. The van der Waals surface area contributed by atoms with Gasteiger partial charge >= 0.3 is 0 Å². The maximum atomic E-state index is 12.7. The standard InChI is InChI=1S/C19H22N2O3S2/c1-24-15-9-5-2-6-13(15)12-16-18(23)21(19(25)26-16)11-10-17(22)20-14-7-3-4-8-14/h2,5-6,9,12,14H,3-4,7-8,10-11H2,1H3,(H,20,22)/b16-12+. The summed E-state index contributed by atoms with van der Waals surface area (Å²) in [6, 6.07) is 7.80. The SMILES string of the molecule is COc1ccccc1/C=C1/SC(=S)N(CCC(=O)NC2CCCC2)C1=O. The number of benzene rings is 1. The third-order valence-electron chi connectivity index (χ3n) is 4.58. The number of amides is 2. The third-order valence-corrected chi connectivity index (χ3v) is 5.96. The predicted molar refractivity (Wildman–Crippen MR) is 108 cm³/mol. The highest BCUT2D eigenvalue weighted by molar-refractivity contribution is 8.26. The van der Waals surface area contributed by atoms with Crippen LogP contribution in [0.15, 0.2) is 29.2 Å². The van der Waals surface area contributed by atoms with Gasteiger partial charge in [0.25, 0.3) is 5.91 Å². The van der Waals surface area contributed by atoms with Gasteiger partial charge in [0.15, 0.2) is 0 Å². The first-order chi connectivity index (χ1) is 12.6. The molecule has 0 radical (unpaired) electrons. The first kappa shape index (κ1) is 18.9. The summed E-state index contributed by atoms with van der Waals surface area (Å²) in [6.45, 7) is 0.312. The van der Waals surface area contributed by atoms with Crippen molar-refractivity contribution in [1.82, 2.24) is 10.2 Å². The Hall–Kier alpha value is -1.86. The Balaban J connectivity index is 1.61. The summed E-state index contributed by atoms with van der Waals surface area (Å²) in [7, 11) is 1.60. The summed E-state index contributed by atoms with van der Waals surface area (Å²) in [5, 5.41) is 3.04. The number of hydrogen-bond donors (Lipinski definition) is 1. The number of methoxy groups -OCH3 is 1. The van der Waals surface area contributed by atoms with E-state index in [1.54, 1.807) is 13.2 Å². The minimum absolute atomic E-state index is 0.0142. The lowest BCUT2D eigenvalue weighted by Crippen LogP contribution is -2.37. The number of nitrogens with zero attached hydrogens (tertiary/aromatic N) is 1. The van der Waals surface area contributed by atoms with Crippen molar-refractivity contribution in [3.63, 3.8) is 0 Å². The molecule has 1 saturated carbocycles. The summed E-state index contributed by atoms with van der Waals surface area (Å²) < 4.78 is 5.81. The van der Waals surface area contributed by atoms with Crippen molar-refractivity contribution in [3.8, 4) is 5.75 Å². The Labute approximate surface area is 163 Å². The van der Waals surface area contributed by atoms with Gasteiger partial charge in [-0.1, -0.05) is 55.0 Å². The Morgan fingerprint density at radius 2 is 2.12 bits per heavy atom. The summed E-state index contributed by atoms with van der Waals surface area (Å²) in [5.74, 6) is 0.535. The molecular formula is C19H22N2O3S2. The van der Waals surface area contributed by atoms with Gasteiger partial charge < -0.3 is 10.1 Å². The molecule has 1 aliphatic carbocycles. The van der Waals surface area contributed by atoms with Crippen LogP contribution in [-0.4, -0.2) is 40.7 Å². The molecule has 138 valence electrons. The van der Waals surface area contributed by atoms with E-state index in [1.165, 1.54) is 29.5 Å². The van der Waals surface area contributed by atoms with Gasteiger partial charge in [0.2, 0.25) is 5.91 Å². The fourth-order valence-corrected chi connectivity index (χ4v) is 4.50. The zero-order chi connectivity index (χ0) is 18.5. The van der Waals surface area contributed by atoms with Crippen LogP contribution in [0.5, 0.6) is 5.75 Å². The van der Waals surface area contributed by atoms with Gasteiger partial charge in [-0.25, -0.2) is 0 Å². The van der Waals surface area contributed by atoms with Crippen LogP contribution >= 0.6 is 24.0 Å². The van der Waals surface area contributed by atoms with Crippen molar-refractivity contribution < 1.29 is 14.3 Å². The summed E-state index contributed by atoms with van der Waals surface area (Å²) >= 11 is 6.59. The highest BCUT2D eigenvalue weighted by Crippen LogP contribution is 2.34. The largest absolute Gasteiger partial charge is 0.496 e. The number of para-hydroxylation sites is 1. The van der Waals surface area contributed by atoms with Crippen LogP contribution in [0, 0.1) is 0 Å². The zero-order valence-electron chi connectivity index (χ0n) is 14.7. The lowest BCUT2D eigenvalue weighted by atomic mass is 10.2. The van der Waals surface area contributed by atoms with Crippen LogP contribution < -0.4 is 10.1 Å². The average molecular weight is 391 g/mol. The minimum Gasteiger partial charge on any atom is -0.496 e. The molecule has 1 aromatic rings. The van der Waals surface area contributed by atoms with Gasteiger partial charge in [0, 0.05) is 24.6 Å². The summed E-state index contributed by atoms with van der Waals surface area (Å²) in [6.07, 6.45) is 6.51. The molecule has 0 spiro atoms. The van der Waals surface area contributed by atoms with E-state index in [0.717, 1.165) is 18.4 Å². The molecule has 0 bridgehead atoms. The van der Waals surface area contributed by atoms with Gasteiger partial charge in [-0.05, 0) is 25.0 Å². The Morgan fingerprint density at radius 3 is 2.85 bits per heavy atom. The monoisotopic (exact) mass is 390 g/mol. The lowest BCUT2D eigenvalue weighted by Gasteiger charge is -2.16. The highest BCUT2D eigenvalue weighted by atomic mass is 32.2. The molecule has 1 aliphatic heterocycles. The molecule has 1 N–H and O–H groups in total. The van der Waals surface area contributed by atoms with E-state index in [4.69, 9.17) is 17.0 Å². The van der Waals surface area contributed by atoms with Crippen LogP contribution in [-0.2, 0) is 9.59 Å². The van der Waals surface area contributed by atoms with Crippen LogP contribution in [0.2, 0.25) is 0 Å². The van der Waals surface area contributed by atoms with E-state index >= 15 is 0 Å². The van der Waals surface area contributed by atoms with Crippen LogP contribution in [0.1, 0.15) is 37.7 Å². The molecule has 1 aromatic carbocycles. The normalized spacial score (nSPS) is 19.4. The van der Waals surface area contributed by atoms with Crippen LogP contribution in [0.25, 0.3) is 6.08 Å². The number of thiocarbonyl (C=S) groups is 1. The van der Waals surface area contributed by atoms with E-state index in [9.17, 15) is 9.59 Å². The molecule has 26 heavy (non-hydrogen) atoms. The molecule has 2 fully saturated rings. The number of carbonyl (C=O) groups is 2. The summed E-state index contributed by atoms with van der Waals surface area (Å²) in [4.78, 5) is 26.8. The van der Waals surface area contributed by atoms with Gasteiger partial charge in [-0.2, -0.15) is 0 Å². The second-order valence-electron chi connectivity index (χ2n) is 6.37. The molecule has 1 saturated heterocycles. The second-order valence-corrected chi connectivity index (χ2v) is 8.05. The highest BCUT2D eigenvalue weighted by Gasteiger charge is 2.32. The minimum atomic E-state index is -0.153. The molecule has 2 amide bonds. The fraction of sp³-hybridized carbons (Fsp3) is 0.421. The van der Waals surface area contributed by atoms with E-state index < -0.39 is 0 Å². The van der Waals surface area contributed by atoms with Crippen molar-refractivity contribution >= 4 is 46.2 Å². The van der Waals surface area contributed by atoms with Crippen molar-refractivity contribution in [3.05, 3.63) is 34.7 Å². The first-order valence-corrected chi connectivity index (χ1v) is 9.98. The molecule has 0 unspecified atom stereocenters. The van der Waals surface area contributed by atoms with Crippen molar-refractivity contribution in [2.75, 3.05) is 13.7 Å². The molecule has 3 rings (SSSR count). The predicted octanol–water partition coefficient (Wildman–Crippen LogP) is 3.35. The van der Waals surface area contributed by atoms with E-state index in [2.05, 4.69) is 5.32 Å². The van der Waals surface area contributed by atoms with Gasteiger partial charge in [-0.3, -0.25) is 14.5 Å². The van der Waals surface area contributed by atoms with E-state index in [1.807, 2.05) is 24.3 Å². The number of hydrogen-bond acceptors (Lipinski definition) is 5. The maximum absolute atomic E-state index is 12.7. The van der Waals surface area contributed by atoms with Crippen LogP contribution in [0.3, 0.4) is 0 Å². The number of thioether (sulfide) groups is 1. The van der Waals surface area contributed by atoms with Gasteiger partial charge in [0.05, 0.1) is 12.0 Å². The van der Waals surface area contributed by atoms with Crippen LogP contribution in [0.4, 0.5) is 0 Å². The number of rotatable bonds is 6. The Morgan fingerprint density at radius 1 is 1.38 bits per heavy atom. The Bertz CT molecular complexity index is 742. The number of ether oxygens (including phenoxy) is 1. The van der Waals surface area contributed by atoms with E-state index in [0.29, 0.717) is 27.6 Å². The molecule has 0 aromatic heterocycles. The van der Waals surface area contributed by atoms with Crippen molar-refractivity contribution in [1.29, 1.82) is 0 Å². The molecule has 1 heterocycles. The number of carbonyl (C=O) groups excluding carboxylic acids is 2. The molecule has 5 nitrogen and oxygen atoms in total. The maximum Gasteiger partial charge on any atom is 0.266 e. The number of nitrogens with one attached hydrogen (secondary N) is 1. The van der Waals surface area contributed by atoms with Crippen molar-refractivity contribution in [2.24, 2.45) is 0 Å².